The van der Waals surface area contributed by atoms with E-state index >= 15 is 0 Å². The Kier molecular flexibility index (Phi) is 6.35. The molecule has 3 N–H and O–H groups in total. The molecule has 8 heteroatoms. The second kappa shape index (κ2) is 8.32. The van der Waals surface area contributed by atoms with E-state index in [4.69, 9.17) is 5.21 Å². The fraction of sp³-hybridized carbons (Fsp3) is 0.263. The lowest BCUT2D eigenvalue weighted by molar-refractivity contribution is -0.131. The first-order valence-corrected chi connectivity index (χ1v) is 10.2. The van der Waals surface area contributed by atoms with Crippen molar-refractivity contribution in [1.82, 2.24) is 10.8 Å². The predicted octanol–water partition coefficient (Wildman–Crippen LogP) is 1.78. The molecular formula is C19H22N2O5S. The second-order valence-electron chi connectivity index (χ2n) is 6.39. The van der Waals surface area contributed by atoms with Gasteiger partial charge < -0.3 is 5.32 Å². The fourth-order valence-electron chi connectivity index (χ4n) is 2.55. The smallest absolute Gasteiger partial charge is 0.264 e. The summed E-state index contributed by atoms with van der Waals surface area (Å²) in [4.78, 5) is 24.0. The van der Waals surface area contributed by atoms with Crippen molar-refractivity contribution in [2.75, 3.05) is 12.8 Å². The van der Waals surface area contributed by atoms with Crippen molar-refractivity contribution in [2.24, 2.45) is 0 Å². The Balaban J connectivity index is 2.02. The molecule has 2 amide bonds. The number of carbonyl (C=O) groups is 2. The molecule has 1 unspecified atom stereocenters. The minimum atomic E-state index is -3.80. The molecule has 0 saturated carbocycles. The molecule has 1 atom stereocenters. The Hall–Kier alpha value is -2.71. The third-order valence-electron chi connectivity index (χ3n) is 4.54. The lowest BCUT2D eigenvalue weighted by Gasteiger charge is -2.25. The minimum absolute atomic E-state index is 0.0454. The predicted molar refractivity (Wildman–Crippen MR) is 102 cm³/mol. The van der Waals surface area contributed by atoms with Crippen LogP contribution in [0.15, 0.2) is 54.6 Å². The van der Waals surface area contributed by atoms with E-state index in [1.807, 2.05) is 42.5 Å². The number of nitrogens with one attached hydrogen (secondary N) is 2. The van der Waals surface area contributed by atoms with Gasteiger partial charge in [0.05, 0.1) is 0 Å². The van der Waals surface area contributed by atoms with E-state index in [1.165, 1.54) is 12.4 Å². The van der Waals surface area contributed by atoms with E-state index in [0.29, 0.717) is 5.56 Å². The van der Waals surface area contributed by atoms with Crippen LogP contribution in [0.3, 0.4) is 0 Å². The van der Waals surface area contributed by atoms with E-state index < -0.39 is 20.5 Å². The molecule has 0 bridgehead atoms. The molecule has 2 rings (SSSR count). The topological polar surface area (TPSA) is 113 Å². The Morgan fingerprint density at radius 2 is 1.56 bits per heavy atom. The highest BCUT2D eigenvalue weighted by Crippen LogP contribution is 2.21. The SMILES string of the molecule is CC(CCNC(=O)c1ccc(-c2ccccc2)cc1)(C(=O)NO)S(C)(=O)=O. The summed E-state index contributed by atoms with van der Waals surface area (Å²) in [6.07, 6.45) is 0.735. The highest BCUT2D eigenvalue weighted by molar-refractivity contribution is 7.92. The Labute approximate surface area is 158 Å². The summed E-state index contributed by atoms with van der Waals surface area (Å²) < 4.78 is 21.9. The lowest BCUT2D eigenvalue weighted by Crippen LogP contribution is -2.50. The van der Waals surface area contributed by atoms with Crippen LogP contribution in [0.1, 0.15) is 23.7 Å². The zero-order valence-electron chi connectivity index (χ0n) is 15.1. The molecule has 0 fully saturated rings. The molecule has 144 valence electrons. The third kappa shape index (κ3) is 4.72. The van der Waals surface area contributed by atoms with Crippen LogP contribution in [0, 0.1) is 0 Å². The highest BCUT2D eigenvalue weighted by Gasteiger charge is 2.43. The summed E-state index contributed by atoms with van der Waals surface area (Å²) in [7, 11) is -3.80. The molecule has 0 radical (unpaired) electrons. The van der Waals surface area contributed by atoms with Crippen LogP contribution in [0.5, 0.6) is 0 Å². The molecule has 0 saturated heterocycles. The first kappa shape index (κ1) is 20.6. The maximum atomic E-state index is 12.3. The van der Waals surface area contributed by atoms with Gasteiger partial charge in [-0.15, -0.1) is 0 Å². The lowest BCUT2D eigenvalue weighted by atomic mass is 10.0. The molecule has 0 aliphatic rings. The molecule has 0 aliphatic heterocycles. The monoisotopic (exact) mass is 390 g/mol. The van der Waals surface area contributed by atoms with Crippen LogP contribution in [0.25, 0.3) is 11.1 Å². The molecular weight excluding hydrogens is 368 g/mol. The van der Waals surface area contributed by atoms with Gasteiger partial charge in [-0.05, 0) is 36.6 Å². The van der Waals surface area contributed by atoms with Crippen LogP contribution >= 0.6 is 0 Å². The van der Waals surface area contributed by atoms with Gasteiger partial charge in [0.25, 0.3) is 11.8 Å². The zero-order chi connectivity index (χ0) is 20.1. The van der Waals surface area contributed by atoms with Gasteiger partial charge in [-0.2, -0.15) is 0 Å². The van der Waals surface area contributed by atoms with Crippen LogP contribution in [-0.2, 0) is 14.6 Å². The Morgan fingerprint density at radius 3 is 2.07 bits per heavy atom. The molecule has 0 aromatic heterocycles. The van der Waals surface area contributed by atoms with E-state index in [2.05, 4.69) is 5.32 Å². The number of carbonyl (C=O) groups excluding carboxylic acids is 2. The maximum Gasteiger partial charge on any atom is 0.264 e. The average Bonchev–Trinajstić information content (AvgIpc) is 2.67. The molecule has 0 aliphatic carbocycles. The fourth-order valence-corrected chi connectivity index (χ4v) is 3.40. The quantitative estimate of drug-likeness (QED) is 0.493. The average molecular weight is 390 g/mol. The first-order valence-electron chi connectivity index (χ1n) is 8.27. The molecule has 0 spiro atoms. The number of hydrogen-bond acceptors (Lipinski definition) is 5. The van der Waals surface area contributed by atoms with Crippen molar-refractivity contribution in [2.45, 2.75) is 18.1 Å². The molecule has 2 aromatic carbocycles. The number of amides is 2. The normalized spacial score (nSPS) is 13.4. The van der Waals surface area contributed by atoms with Crippen molar-refractivity contribution < 1.29 is 23.2 Å². The highest BCUT2D eigenvalue weighted by atomic mass is 32.2. The largest absolute Gasteiger partial charge is 0.352 e. The van der Waals surface area contributed by atoms with Gasteiger partial charge in [0.15, 0.2) is 14.6 Å². The number of rotatable bonds is 7. The Bertz CT molecular complexity index is 911. The van der Waals surface area contributed by atoms with Gasteiger partial charge in [-0.3, -0.25) is 14.8 Å². The minimum Gasteiger partial charge on any atom is -0.352 e. The zero-order valence-corrected chi connectivity index (χ0v) is 15.9. The summed E-state index contributed by atoms with van der Waals surface area (Å²) in [5.41, 5.74) is 3.79. The molecule has 2 aromatic rings. The maximum absolute atomic E-state index is 12.3. The van der Waals surface area contributed by atoms with Gasteiger partial charge in [-0.25, -0.2) is 13.9 Å². The van der Waals surface area contributed by atoms with Gasteiger partial charge in [0, 0.05) is 18.4 Å². The van der Waals surface area contributed by atoms with E-state index in [9.17, 15) is 18.0 Å². The van der Waals surface area contributed by atoms with Gasteiger partial charge in [0.2, 0.25) is 0 Å². The number of benzene rings is 2. The van der Waals surface area contributed by atoms with Crippen LogP contribution < -0.4 is 10.8 Å². The summed E-state index contributed by atoms with van der Waals surface area (Å²) in [6.45, 7) is 1.16. The third-order valence-corrected chi connectivity index (χ3v) is 6.57. The van der Waals surface area contributed by atoms with Crippen molar-refractivity contribution in [3.05, 3.63) is 60.2 Å². The van der Waals surface area contributed by atoms with Crippen molar-refractivity contribution in [1.29, 1.82) is 0 Å². The standard InChI is InChI=1S/C19H22N2O5S/c1-19(18(23)21-24,27(2,25)26)12-13-20-17(22)16-10-8-15(9-11-16)14-6-4-3-5-7-14/h3-11,24H,12-13H2,1-2H3,(H,20,22)(H,21,23). The second-order valence-corrected chi connectivity index (χ2v) is 8.84. The summed E-state index contributed by atoms with van der Waals surface area (Å²) in [5, 5.41) is 11.4. The van der Waals surface area contributed by atoms with Crippen LogP contribution in [0.2, 0.25) is 0 Å². The first-order chi connectivity index (χ1) is 12.7. The van der Waals surface area contributed by atoms with Crippen LogP contribution in [-0.4, -0.2) is 43.0 Å². The molecule has 0 heterocycles. The number of hydrogen-bond donors (Lipinski definition) is 3. The summed E-state index contributed by atoms with van der Waals surface area (Å²) in [5.74, 6) is -1.42. The van der Waals surface area contributed by atoms with Crippen molar-refractivity contribution in [3.8, 4) is 11.1 Å². The summed E-state index contributed by atoms with van der Waals surface area (Å²) in [6, 6.07) is 16.7. The van der Waals surface area contributed by atoms with Gasteiger partial charge >= 0.3 is 0 Å². The van der Waals surface area contributed by atoms with E-state index in [-0.39, 0.29) is 18.9 Å². The van der Waals surface area contributed by atoms with Crippen molar-refractivity contribution >= 4 is 21.7 Å². The van der Waals surface area contributed by atoms with Crippen molar-refractivity contribution in [3.63, 3.8) is 0 Å². The Morgan fingerprint density at radius 1 is 1.00 bits per heavy atom. The summed E-state index contributed by atoms with van der Waals surface area (Å²) >= 11 is 0. The van der Waals surface area contributed by atoms with Gasteiger partial charge in [-0.1, -0.05) is 42.5 Å². The molecule has 7 nitrogen and oxygen atoms in total. The van der Waals surface area contributed by atoms with E-state index in [0.717, 1.165) is 17.4 Å². The van der Waals surface area contributed by atoms with Gasteiger partial charge in [0.1, 0.15) is 0 Å². The molecule has 27 heavy (non-hydrogen) atoms. The number of sulfone groups is 1. The number of hydroxylamine groups is 1. The van der Waals surface area contributed by atoms with E-state index in [1.54, 1.807) is 12.1 Å². The van der Waals surface area contributed by atoms with Crippen LogP contribution in [0.4, 0.5) is 0 Å².